The van der Waals surface area contributed by atoms with Crippen molar-refractivity contribution in [3.63, 3.8) is 0 Å². The van der Waals surface area contributed by atoms with Crippen molar-refractivity contribution < 1.29 is 22.3 Å². The summed E-state index contributed by atoms with van der Waals surface area (Å²) < 4.78 is 48.1. The number of aromatic nitrogens is 4. The van der Waals surface area contributed by atoms with Crippen molar-refractivity contribution in [3.05, 3.63) is 66.5 Å². The van der Waals surface area contributed by atoms with Crippen LogP contribution in [0.5, 0.6) is 5.88 Å². The third-order valence-electron chi connectivity index (χ3n) is 4.92. The highest BCUT2D eigenvalue weighted by Gasteiger charge is 2.15. The summed E-state index contributed by atoms with van der Waals surface area (Å²) in [5.41, 5.74) is 1.47. The molecule has 2 heterocycles. The van der Waals surface area contributed by atoms with Crippen molar-refractivity contribution in [2.75, 3.05) is 18.5 Å². The van der Waals surface area contributed by atoms with Gasteiger partial charge in [0.05, 0.1) is 4.90 Å². The number of fused-ring (bicyclic) bond motifs is 1. The lowest BCUT2D eigenvalue weighted by atomic mass is 10.2. The summed E-state index contributed by atoms with van der Waals surface area (Å²) in [6, 6.07) is 15.0. The van der Waals surface area contributed by atoms with Gasteiger partial charge in [-0.15, -0.1) is 15.3 Å². The lowest BCUT2D eigenvalue weighted by Crippen LogP contribution is -2.28. The number of benzene rings is 2. The Bertz CT molecular complexity index is 1450. The third-order valence-corrected chi connectivity index (χ3v) is 6.40. The van der Waals surface area contributed by atoms with Crippen molar-refractivity contribution in [2.24, 2.45) is 5.92 Å². The van der Waals surface area contributed by atoms with Crippen molar-refractivity contribution in [1.82, 2.24) is 24.5 Å². The summed E-state index contributed by atoms with van der Waals surface area (Å²) in [5.74, 6) is -0.183. The Morgan fingerprint density at radius 2 is 1.86 bits per heavy atom. The van der Waals surface area contributed by atoms with Gasteiger partial charge in [-0.3, -0.25) is 4.79 Å². The molecule has 12 heteroatoms. The van der Waals surface area contributed by atoms with E-state index in [2.05, 4.69) is 25.3 Å². The van der Waals surface area contributed by atoms with Crippen LogP contribution in [0.1, 0.15) is 13.8 Å². The van der Waals surface area contributed by atoms with Gasteiger partial charge < -0.3 is 10.1 Å². The van der Waals surface area contributed by atoms with Crippen LogP contribution in [0.4, 0.5) is 10.1 Å². The van der Waals surface area contributed by atoms with Gasteiger partial charge in [-0.2, -0.15) is 4.52 Å². The Morgan fingerprint density at radius 3 is 2.57 bits per heavy atom. The molecular formula is C23H23FN6O4S. The Morgan fingerprint density at radius 1 is 1.09 bits per heavy atom. The quantitative estimate of drug-likeness (QED) is 0.340. The summed E-state index contributed by atoms with van der Waals surface area (Å²) in [7, 11) is -3.77. The molecule has 35 heavy (non-hydrogen) atoms. The number of hydrogen-bond donors (Lipinski definition) is 2. The zero-order valence-corrected chi connectivity index (χ0v) is 19.8. The fraction of sp³-hybridized carbons (Fsp3) is 0.217. The number of hydrogen-bond acceptors (Lipinski definition) is 7. The number of ether oxygens (including phenoxy) is 1. The van der Waals surface area contributed by atoms with Gasteiger partial charge in [-0.05, 0) is 42.5 Å². The number of carbonyl (C=O) groups is 1. The second kappa shape index (κ2) is 10.2. The number of nitrogens with one attached hydrogen (secondary N) is 2. The zero-order valence-electron chi connectivity index (χ0n) is 19.0. The van der Waals surface area contributed by atoms with Crippen LogP contribution in [0, 0.1) is 11.7 Å². The number of sulfonamides is 1. The molecule has 0 saturated carbocycles. The number of carbonyl (C=O) groups excluding carboxylic acids is 1. The SMILES string of the molecule is CC(C)C(=O)Nc1ccc(S(=O)(=O)NCCOc2ccc3nnc(-c4cccc(F)c4)n3n2)cc1. The van der Waals surface area contributed by atoms with Crippen LogP contribution < -0.4 is 14.8 Å². The maximum Gasteiger partial charge on any atom is 0.240 e. The second-order valence-electron chi connectivity index (χ2n) is 7.89. The standard InChI is InChI=1S/C23H23FN6O4S/c1-15(2)23(31)26-18-6-8-19(9-7-18)35(32,33)25-12-13-34-21-11-10-20-27-28-22(30(20)29-21)16-4-3-5-17(24)14-16/h3-11,14-15,25H,12-13H2,1-2H3,(H,26,31). The fourth-order valence-electron chi connectivity index (χ4n) is 3.08. The molecule has 0 aliphatic rings. The molecule has 2 aromatic carbocycles. The first-order valence-electron chi connectivity index (χ1n) is 10.7. The maximum absolute atomic E-state index is 13.6. The summed E-state index contributed by atoms with van der Waals surface area (Å²) in [6.07, 6.45) is 0. The Balaban J connectivity index is 1.36. The molecule has 1 amide bonds. The van der Waals surface area contributed by atoms with E-state index < -0.39 is 15.8 Å². The highest BCUT2D eigenvalue weighted by atomic mass is 32.2. The number of amides is 1. The molecule has 0 aliphatic heterocycles. The van der Waals surface area contributed by atoms with Crippen molar-refractivity contribution in [3.8, 4) is 17.3 Å². The number of rotatable bonds is 9. The van der Waals surface area contributed by atoms with Crippen LogP contribution in [0.25, 0.3) is 17.0 Å². The van der Waals surface area contributed by atoms with Gasteiger partial charge >= 0.3 is 0 Å². The highest BCUT2D eigenvalue weighted by Crippen LogP contribution is 2.20. The molecule has 10 nitrogen and oxygen atoms in total. The Kier molecular flexibility index (Phi) is 7.03. The van der Waals surface area contributed by atoms with E-state index >= 15 is 0 Å². The minimum Gasteiger partial charge on any atom is -0.475 e. The van der Waals surface area contributed by atoms with E-state index in [4.69, 9.17) is 4.74 Å². The molecular weight excluding hydrogens is 475 g/mol. The van der Waals surface area contributed by atoms with Crippen LogP contribution in [0.3, 0.4) is 0 Å². The average Bonchev–Trinajstić information content (AvgIpc) is 3.25. The first-order chi connectivity index (χ1) is 16.7. The number of nitrogens with zero attached hydrogens (tertiary/aromatic N) is 4. The minimum absolute atomic E-state index is 0.00712. The zero-order chi connectivity index (χ0) is 25.0. The molecule has 0 radical (unpaired) electrons. The molecule has 0 atom stereocenters. The Labute approximate surface area is 201 Å². The van der Waals surface area contributed by atoms with E-state index in [1.807, 2.05) is 0 Å². The van der Waals surface area contributed by atoms with Gasteiger partial charge in [0.1, 0.15) is 12.4 Å². The molecule has 0 unspecified atom stereocenters. The monoisotopic (exact) mass is 498 g/mol. The third kappa shape index (κ3) is 5.78. The molecule has 0 fully saturated rings. The second-order valence-corrected chi connectivity index (χ2v) is 9.66. The average molecular weight is 499 g/mol. The molecule has 4 rings (SSSR count). The van der Waals surface area contributed by atoms with Gasteiger partial charge in [-0.1, -0.05) is 26.0 Å². The van der Waals surface area contributed by atoms with Gasteiger partial charge in [-0.25, -0.2) is 17.5 Å². The molecule has 4 aromatic rings. The highest BCUT2D eigenvalue weighted by molar-refractivity contribution is 7.89. The van der Waals surface area contributed by atoms with Crippen LogP contribution in [0.15, 0.2) is 65.6 Å². The van der Waals surface area contributed by atoms with Gasteiger partial charge in [0.25, 0.3) is 0 Å². The number of halogens is 1. The maximum atomic E-state index is 13.6. The topological polar surface area (TPSA) is 128 Å². The van der Waals surface area contributed by atoms with Crippen LogP contribution >= 0.6 is 0 Å². The van der Waals surface area contributed by atoms with E-state index in [-0.39, 0.29) is 35.8 Å². The predicted molar refractivity (Wildman–Crippen MR) is 127 cm³/mol. The number of anilines is 1. The van der Waals surface area contributed by atoms with Crippen molar-refractivity contribution in [1.29, 1.82) is 0 Å². The van der Waals surface area contributed by atoms with Crippen LogP contribution in [-0.2, 0) is 14.8 Å². The summed E-state index contributed by atoms with van der Waals surface area (Å²) in [4.78, 5) is 11.8. The predicted octanol–water partition coefficient (Wildman–Crippen LogP) is 2.88. The Hall–Kier alpha value is -3.90. The molecule has 0 spiro atoms. The first kappa shape index (κ1) is 24.2. The smallest absolute Gasteiger partial charge is 0.240 e. The minimum atomic E-state index is -3.77. The van der Waals surface area contributed by atoms with Gasteiger partial charge in [0, 0.05) is 29.8 Å². The fourth-order valence-corrected chi connectivity index (χ4v) is 4.09. The van der Waals surface area contributed by atoms with Crippen molar-refractivity contribution >= 4 is 27.3 Å². The van der Waals surface area contributed by atoms with E-state index in [0.29, 0.717) is 22.7 Å². The van der Waals surface area contributed by atoms with Crippen LogP contribution in [0.2, 0.25) is 0 Å². The molecule has 2 N–H and O–H groups in total. The molecule has 182 valence electrons. The van der Waals surface area contributed by atoms with Gasteiger partial charge in [0.15, 0.2) is 11.5 Å². The van der Waals surface area contributed by atoms with E-state index in [9.17, 15) is 17.6 Å². The normalized spacial score (nSPS) is 11.7. The van der Waals surface area contributed by atoms with E-state index in [1.54, 1.807) is 38.1 Å². The van der Waals surface area contributed by atoms with Gasteiger partial charge in [0.2, 0.25) is 21.8 Å². The largest absolute Gasteiger partial charge is 0.475 e. The molecule has 0 bridgehead atoms. The summed E-state index contributed by atoms with van der Waals surface area (Å²) in [6.45, 7) is 3.54. The van der Waals surface area contributed by atoms with E-state index in [1.165, 1.54) is 40.9 Å². The van der Waals surface area contributed by atoms with E-state index in [0.717, 1.165) is 0 Å². The lowest BCUT2D eigenvalue weighted by Gasteiger charge is -2.10. The van der Waals surface area contributed by atoms with Crippen molar-refractivity contribution in [2.45, 2.75) is 18.7 Å². The molecule has 0 aliphatic carbocycles. The van der Waals surface area contributed by atoms with Crippen LogP contribution in [-0.4, -0.2) is 47.3 Å². The molecule has 0 saturated heterocycles. The summed E-state index contributed by atoms with van der Waals surface area (Å²) in [5, 5.41) is 15.1. The first-order valence-corrected chi connectivity index (χ1v) is 12.2. The molecule has 2 aromatic heterocycles. The summed E-state index contributed by atoms with van der Waals surface area (Å²) >= 11 is 0. The lowest BCUT2D eigenvalue weighted by molar-refractivity contribution is -0.118.